The Morgan fingerprint density at radius 3 is 2.58 bits per heavy atom. The topological polar surface area (TPSA) is 118 Å². The van der Waals surface area contributed by atoms with E-state index in [-0.39, 0.29) is 22.9 Å². The van der Waals surface area contributed by atoms with Crippen molar-refractivity contribution in [1.29, 1.82) is 0 Å². The van der Waals surface area contributed by atoms with Crippen LogP contribution in [0.1, 0.15) is 36.3 Å². The van der Waals surface area contributed by atoms with Crippen molar-refractivity contribution in [2.75, 3.05) is 39.2 Å². The molecule has 178 valence electrons. The number of likely N-dealkylation sites (N-methyl/N-ethyl adjacent to an activating group) is 1. The van der Waals surface area contributed by atoms with Crippen LogP contribution >= 0.6 is 0 Å². The van der Waals surface area contributed by atoms with E-state index < -0.39 is 17.8 Å². The number of primary amides is 1. The first-order chi connectivity index (χ1) is 15.8. The lowest BCUT2D eigenvalue weighted by atomic mass is 10.1. The summed E-state index contributed by atoms with van der Waals surface area (Å²) >= 11 is 0. The number of aliphatic hydroxyl groups is 1. The van der Waals surface area contributed by atoms with Gasteiger partial charge in [-0.1, -0.05) is 19.8 Å². The highest BCUT2D eigenvalue weighted by Gasteiger charge is 2.26. The summed E-state index contributed by atoms with van der Waals surface area (Å²) < 4.78 is 18.9. The summed E-state index contributed by atoms with van der Waals surface area (Å²) in [4.78, 5) is 27.9. The van der Waals surface area contributed by atoms with Crippen molar-refractivity contribution in [3.63, 3.8) is 0 Å². The molecule has 1 aromatic carbocycles. The third kappa shape index (κ3) is 7.86. The van der Waals surface area contributed by atoms with Crippen LogP contribution in [0.25, 0.3) is 11.3 Å². The summed E-state index contributed by atoms with van der Waals surface area (Å²) in [7, 11) is 3.26. The molecule has 0 radical (unpaired) electrons. The van der Waals surface area contributed by atoms with Crippen LogP contribution in [0, 0.1) is 18.2 Å². The van der Waals surface area contributed by atoms with Crippen LogP contribution in [0.4, 0.5) is 10.1 Å². The Labute approximate surface area is 194 Å². The van der Waals surface area contributed by atoms with Gasteiger partial charge in [-0.25, -0.2) is 9.37 Å². The predicted molar refractivity (Wildman–Crippen MR) is 126 cm³/mol. The van der Waals surface area contributed by atoms with E-state index in [4.69, 9.17) is 22.0 Å². The minimum Gasteiger partial charge on any atom is -0.383 e. The molecule has 2 amide bonds. The predicted octanol–water partition coefficient (Wildman–Crippen LogP) is 2.26. The maximum Gasteiger partial charge on any atom is 0.269 e. The summed E-state index contributed by atoms with van der Waals surface area (Å²) in [6.45, 7) is 5.64. The van der Waals surface area contributed by atoms with Gasteiger partial charge >= 0.3 is 0 Å². The fourth-order valence-electron chi connectivity index (χ4n) is 2.84. The van der Waals surface area contributed by atoms with Gasteiger partial charge in [0.1, 0.15) is 11.9 Å². The second-order valence-corrected chi connectivity index (χ2v) is 6.78. The molecule has 0 unspecified atom stereocenters. The van der Waals surface area contributed by atoms with E-state index in [1.54, 1.807) is 26.3 Å². The van der Waals surface area contributed by atoms with Gasteiger partial charge in [0.05, 0.1) is 18.0 Å². The van der Waals surface area contributed by atoms with Crippen LogP contribution < -0.4 is 11.1 Å². The van der Waals surface area contributed by atoms with Crippen LogP contribution in [0.2, 0.25) is 0 Å². The molecular weight excluding hydrogens is 427 g/mol. The Balaban J connectivity index is 0.000000454. The molecule has 0 spiro atoms. The van der Waals surface area contributed by atoms with Crippen LogP contribution in [0.3, 0.4) is 0 Å². The number of likely N-dealkylation sites (tertiary alicyclic amines) is 1. The molecule has 4 N–H and O–H groups in total. The van der Waals surface area contributed by atoms with Crippen molar-refractivity contribution in [2.45, 2.75) is 26.4 Å². The van der Waals surface area contributed by atoms with Crippen molar-refractivity contribution in [1.82, 2.24) is 9.88 Å². The molecule has 1 aliphatic rings. The number of terminal acetylenes is 1. The summed E-state index contributed by atoms with van der Waals surface area (Å²) in [5.41, 5.74) is 6.87. The number of nitrogens with two attached hydrogens (primary N) is 1. The Morgan fingerprint density at radius 1 is 1.39 bits per heavy atom. The summed E-state index contributed by atoms with van der Waals surface area (Å²) in [6.07, 6.45) is 5.20. The summed E-state index contributed by atoms with van der Waals surface area (Å²) in [5.74, 6) is 1.10. The molecule has 33 heavy (non-hydrogen) atoms. The molecule has 1 aromatic heterocycles. The number of carbonyl (C=O) groups is 2. The van der Waals surface area contributed by atoms with Gasteiger partial charge < -0.3 is 25.8 Å². The molecule has 1 aliphatic heterocycles. The summed E-state index contributed by atoms with van der Waals surface area (Å²) in [6, 6.07) is 7.48. The van der Waals surface area contributed by atoms with E-state index in [0.717, 1.165) is 0 Å². The van der Waals surface area contributed by atoms with Crippen LogP contribution in [-0.2, 0) is 9.53 Å². The van der Waals surface area contributed by atoms with Crippen LogP contribution in [0.15, 0.2) is 30.3 Å². The average Bonchev–Trinajstić information content (AvgIpc) is 3.12. The highest BCUT2D eigenvalue weighted by Crippen LogP contribution is 2.25. The van der Waals surface area contributed by atoms with Gasteiger partial charge in [0.15, 0.2) is 5.69 Å². The fraction of sp³-hybridized carbons (Fsp3) is 0.375. The number of methoxy groups -OCH3 is 1. The normalized spacial score (nSPS) is 14.4. The number of aliphatic hydroxyl groups excluding tert-OH is 1. The molecule has 2 aromatic rings. The zero-order chi connectivity index (χ0) is 25.0. The first-order valence-electron chi connectivity index (χ1n) is 10.5. The van der Waals surface area contributed by atoms with Gasteiger partial charge in [-0.05, 0) is 36.8 Å². The lowest BCUT2D eigenvalue weighted by Gasteiger charge is -2.11. The van der Waals surface area contributed by atoms with E-state index in [9.17, 15) is 14.0 Å². The number of carbonyl (C=O) groups excluding carboxylic acids is 2. The second kappa shape index (κ2) is 13.8. The van der Waals surface area contributed by atoms with Gasteiger partial charge in [-0.3, -0.25) is 9.59 Å². The molecule has 3 rings (SSSR count). The zero-order valence-corrected chi connectivity index (χ0v) is 19.4. The number of ether oxygens (including phenoxy) is 1. The van der Waals surface area contributed by atoms with E-state index in [0.29, 0.717) is 37.4 Å². The van der Waals surface area contributed by atoms with Crippen LogP contribution in [0.5, 0.6) is 0 Å². The molecule has 0 aliphatic carbocycles. The Kier molecular flexibility index (Phi) is 11.5. The van der Waals surface area contributed by atoms with Crippen molar-refractivity contribution in [3.05, 3.63) is 47.4 Å². The molecule has 9 heteroatoms. The second-order valence-electron chi connectivity index (χ2n) is 6.78. The quantitative estimate of drug-likeness (QED) is 0.452. The number of aromatic nitrogens is 1. The number of nitrogens with zero attached hydrogens (tertiary/aromatic N) is 2. The smallest absolute Gasteiger partial charge is 0.269 e. The number of hydrogen-bond acceptors (Lipinski definition) is 6. The number of nitrogens with one attached hydrogen (secondary N) is 1. The molecule has 2 heterocycles. The van der Waals surface area contributed by atoms with Crippen molar-refractivity contribution >= 4 is 17.5 Å². The molecule has 8 nitrogen and oxygen atoms in total. The van der Waals surface area contributed by atoms with Gasteiger partial charge in [-0.2, -0.15) is 0 Å². The van der Waals surface area contributed by atoms with Crippen molar-refractivity contribution in [2.24, 2.45) is 5.73 Å². The number of hydrogen-bond donors (Lipinski definition) is 3. The fourth-order valence-corrected chi connectivity index (χ4v) is 2.84. The number of halogens is 1. The number of rotatable bonds is 6. The maximum absolute atomic E-state index is 14.0. The first kappa shape index (κ1) is 27.6. The maximum atomic E-state index is 14.0. The molecule has 1 atom stereocenters. The first-order valence-corrected chi connectivity index (χ1v) is 10.5. The Bertz CT molecular complexity index is 979. The number of benzene rings is 1. The summed E-state index contributed by atoms with van der Waals surface area (Å²) in [5, 5.41) is 11.8. The van der Waals surface area contributed by atoms with Crippen molar-refractivity contribution < 1.29 is 23.8 Å². The third-order valence-corrected chi connectivity index (χ3v) is 4.56. The minimum atomic E-state index is -0.722. The lowest BCUT2D eigenvalue weighted by molar-refractivity contribution is -0.133. The largest absolute Gasteiger partial charge is 0.383 e. The molecular formula is C24H31FN4O4. The Morgan fingerprint density at radius 2 is 2.09 bits per heavy atom. The highest BCUT2D eigenvalue weighted by molar-refractivity contribution is 5.97. The molecule has 1 fully saturated rings. The van der Waals surface area contributed by atoms with Gasteiger partial charge in [-0.15, -0.1) is 6.42 Å². The van der Waals surface area contributed by atoms with Crippen LogP contribution in [-0.4, -0.2) is 66.8 Å². The third-order valence-electron chi connectivity index (χ3n) is 4.56. The monoisotopic (exact) mass is 458 g/mol. The Hall–Kier alpha value is -3.48. The van der Waals surface area contributed by atoms with E-state index >= 15 is 0 Å². The SMILES string of the molecule is C#Cc1ccc(F)c(-c2ccc(NCCOC)c(C(N)=O)n2)c1.CC.CN1CC[C@H](O)C1=O. The number of amides is 2. The van der Waals surface area contributed by atoms with Crippen molar-refractivity contribution in [3.8, 4) is 23.6 Å². The number of pyridine rings is 1. The highest BCUT2D eigenvalue weighted by atomic mass is 19.1. The molecule has 0 saturated carbocycles. The standard InChI is InChI=1S/C17H16FN3O2.C5H9NO2.C2H6/c1-3-11-4-5-13(18)12(10-11)14-6-7-15(20-8-9-23-2)16(21-14)17(19)22;1-6-3-2-4(7)5(6)8;1-2/h1,4-7,10,20H,8-9H2,2H3,(H2,19,22);4,7H,2-3H2,1H3;1-2H3/t;4-;/m.0./s1. The molecule has 1 saturated heterocycles. The minimum absolute atomic E-state index is 0.0316. The van der Waals surface area contributed by atoms with Gasteiger partial charge in [0.2, 0.25) is 0 Å². The van der Waals surface area contributed by atoms with E-state index in [1.165, 1.54) is 23.1 Å². The molecule has 0 bridgehead atoms. The lowest BCUT2D eigenvalue weighted by Crippen LogP contribution is -2.24. The van der Waals surface area contributed by atoms with E-state index in [1.807, 2.05) is 13.8 Å². The average molecular weight is 459 g/mol. The number of anilines is 1. The zero-order valence-electron chi connectivity index (χ0n) is 19.4. The van der Waals surface area contributed by atoms with Gasteiger partial charge in [0, 0.05) is 38.4 Å². The van der Waals surface area contributed by atoms with Gasteiger partial charge in [0.25, 0.3) is 11.8 Å². The van der Waals surface area contributed by atoms with E-state index in [2.05, 4.69) is 16.2 Å².